The van der Waals surface area contributed by atoms with Gasteiger partial charge in [-0.15, -0.1) is 0 Å². The summed E-state index contributed by atoms with van der Waals surface area (Å²) in [7, 11) is 1.36. The van der Waals surface area contributed by atoms with E-state index >= 15 is 0 Å². The monoisotopic (exact) mass is 240 g/mol. The fourth-order valence-corrected chi connectivity index (χ4v) is 1.13. The maximum absolute atomic E-state index is 11.2. The maximum atomic E-state index is 11.2. The number of carbonyl (C=O) groups is 1. The molecule has 1 aromatic carbocycles. The van der Waals surface area contributed by atoms with Crippen molar-refractivity contribution in [3.8, 4) is 23.7 Å². The molecule has 0 amide bonds. The lowest BCUT2D eigenvalue weighted by Crippen LogP contribution is -2.00. The second kappa shape index (κ2) is 5.94. The van der Waals surface area contributed by atoms with Crippen molar-refractivity contribution in [1.82, 2.24) is 0 Å². The second-order valence-electron chi connectivity index (χ2n) is 4.82. The Hall–Kier alpha value is -2.19. The molecule has 0 fully saturated rings. The topological polar surface area (TPSA) is 26.3 Å². The molecule has 0 bridgehead atoms. The van der Waals surface area contributed by atoms with Gasteiger partial charge in [-0.2, -0.15) is 0 Å². The van der Waals surface area contributed by atoms with Gasteiger partial charge in [0.05, 0.1) is 12.7 Å². The number of hydrogen-bond acceptors (Lipinski definition) is 2. The largest absolute Gasteiger partial charge is 0.465 e. The molecule has 0 heterocycles. The van der Waals surface area contributed by atoms with Gasteiger partial charge in [-0.05, 0) is 56.9 Å². The van der Waals surface area contributed by atoms with Crippen molar-refractivity contribution in [2.75, 3.05) is 7.11 Å². The predicted molar refractivity (Wildman–Crippen MR) is 71.9 cm³/mol. The van der Waals surface area contributed by atoms with E-state index in [1.165, 1.54) is 7.11 Å². The summed E-state index contributed by atoms with van der Waals surface area (Å²) < 4.78 is 4.61. The van der Waals surface area contributed by atoms with E-state index in [2.05, 4.69) is 28.4 Å². The molecular formula is C16H16O2. The van der Waals surface area contributed by atoms with Crippen LogP contribution in [-0.4, -0.2) is 13.1 Å². The van der Waals surface area contributed by atoms with Crippen LogP contribution in [0.2, 0.25) is 0 Å². The summed E-state index contributed by atoms with van der Waals surface area (Å²) in [4.78, 5) is 11.2. The molecular weight excluding hydrogens is 224 g/mol. The van der Waals surface area contributed by atoms with E-state index in [0.29, 0.717) is 5.56 Å². The maximum Gasteiger partial charge on any atom is 0.337 e. The van der Waals surface area contributed by atoms with Crippen LogP contribution in [0.4, 0.5) is 0 Å². The molecule has 0 saturated carbocycles. The molecule has 0 N–H and O–H groups in total. The van der Waals surface area contributed by atoms with Gasteiger partial charge in [0.15, 0.2) is 0 Å². The van der Waals surface area contributed by atoms with Crippen molar-refractivity contribution in [3.05, 3.63) is 35.4 Å². The van der Waals surface area contributed by atoms with Gasteiger partial charge >= 0.3 is 5.97 Å². The Bertz CT molecular complexity index is 537. The van der Waals surface area contributed by atoms with Gasteiger partial charge in [0.2, 0.25) is 0 Å². The average Bonchev–Trinajstić information content (AvgIpc) is 2.33. The molecule has 2 heteroatoms. The van der Waals surface area contributed by atoms with Crippen LogP contribution < -0.4 is 0 Å². The summed E-state index contributed by atoms with van der Waals surface area (Å²) in [6, 6.07) is 6.93. The Kier molecular flexibility index (Phi) is 4.58. The molecule has 0 radical (unpaired) electrons. The van der Waals surface area contributed by atoms with Gasteiger partial charge in [0.1, 0.15) is 0 Å². The molecule has 18 heavy (non-hydrogen) atoms. The fourth-order valence-electron chi connectivity index (χ4n) is 1.13. The number of ether oxygens (including phenoxy) is 1. The van der Waals surface area contributed by atoms with Gasteiger partial charge in [0, 0.05) is 11.0 Å². The van der Waals surface area contributed by atoms with E-state index in [0.717, 1.165) is 5.56 Å². The first kappa shape index (κ1) is 13.9. The van der Waals surface area contributed by atoms with Crippen LogP contribution in [0.1, 0.15) is 36.7 Å². The highest BCUT2D eigenvalue weighted by Crippen LogP contribution is 2.09. The van der Waals surface area contributed by atoms with E-state index in [1.54, 1.807) is 24.3 Å². The summed E-state index contributed by atoms with van der Waals surface area (Å²) in [5.74, 6) is 11.2. The molecule has 0 aromatic heterocycles. The van der Waals surface area contributed by atoms with E-state index in [9.17, 15) is 4.79 Å². The predicted octanol–water partition coefficient (Wildman–Crippen LogP) is 2.87. The number of hydrogen-bond donors (Lipinski definition) is 0. The summed E-state index contributed by atoms with van der Waals surface area (Å²) in [6.07, 6.45) is 0. The lowest BCUT2D eigenvalue weighted by molar-refractivity contribution is 0.0601. The molecule has 1 rings (SSSR count). The highest BCUT2D eigenvalue weighted by molar-refractivity contribution is 5.89. The Morgan fingerprint density at radius 2 is 1.72 bits per heavy atom. The average molecular weight is 240 g/mol. The second-order valence-corrected chi connectivity index (χ2v) is 4.82. The molecule has 0 aliphatic carbocycles. The van der Waals surface area contributed by atoms with Crippen molar-refractivity contribution in [2.45, 2.75) is 20.8 Å². The van der Waals surface area contributed by atoms with E-state index in [1.807, 2.05) is 20.8 Å². The SMILES string of the molecule is COC(=O)c1ccc(C#CC#CC(C)(C)C)cc1. The quantitative estimate of drug-likeness (QED) is 0.557. The first-order chi connectivity index (χ1) is 8.42. The van der Waals surface area contributed by atoms with Gasteiger partial charge in [-0.25, -0.2) is 4.79 Å². The standard InChI is InChI=1S/C16H16O2/c1-16(2,3)12-6-5-7-13-8-10-14(11-9-13)15(17)18-4/h8-11H,1-4H3. The first-order valence-electron chi connectivity index (χ1n) is 5.64. The Balaban J connectivity index is 2.78. The number of benzene rings is 1. The fraction of sp³-hybridized carbons (Fsp3) is 0.312. The molecule has 0 spiro atoms. The van der Waals surface area contributed by atoms with Gasteiger partial charge in [0.25, 0.3) is 0 Å². The van der Waals surface area contributed by atoms with Crippen molar-refractivity contribution >= 4 is 5.97 Å². The zero-order valence-electron chi connectivity index (χ0n) is 11.1. The van der Waals surface area contributed by atoms with Crippen LogP contribution in [0.25, 0.3) is 0 Å². The van der Waals surface area contributed by atoms with Crippen LogP contribution in [0.5, 0.6) is 0 Å². The van der Waals surface area contributed by atoms with Gasteiger partial charge < -0.3 is 4.74 Å². The lowest BCUT2D eigenvalue weighted by atomic mass is 9.98. The summed E-state index contributed by atoms with van der Waals surface area (Å²) in [5.41, 5.74) is 1.30. The molecule has 1 aromatic rings. The minimum Gasteiger partial charge on any atom is -0.465 e. The number of carbonyl (C=O) groups excluding carboxylic acids is 1. The van der Waals surface area contributed by atoms with E-state index in [4.69, 9.17) is 0 Å². The minimum absolute atomic E-state index is 0.0383. The zero-order valence-corrected chi connectivity index (χ0v) is 11.1. The van der Waals surface area contributed by atoms with E-state index in [-0.39, 0.29) is 11.4 Å². The Morgan fingerprint density at radius 3 is 2.22 bits per heavy atom. The molecule has 0 atom stereocenters. The van der Waals surface area contributed by atoms with Crippen LogP contribution in [-0.2, 0) is 4.74 Å². The van der Waals surface area contributed by atoms with Crippen molar-refractivity contribution in [1.29, 1.82) is 0 Å². The molecule has 0 saturated heterocycles. The minimum atomic E-state index is -0.345. The summed E-state index contributed by atoms with van der Waals surface area (Å²) in [5, 5.41) is 0. The third kappa shape index (κ3) is 4.76. The molecule has 92 valence electrons. The van der Waals surface area contributed by atoms with Gasteiger partial charge in [-0.1, -0.05) is 11.8 Å². The molecule has 0 aliphatic rings. The molecule has 2 nitrogen and oxygen atoms in total. The summed E-state index contributed by atoms with van der Waals surface area (Å²) >= 11 is 0. The summed E-state index contributed by atoms with van der Waals surface area (Å²) in [6.45, 7) is 6.10. The lowest BCUT2D eigenvalue weighted by Gasteiger charge is -2.05. The van der Waals surface area contributed by atoms with E-state index < -0.39 is 0 Å². The normalized spacial score (nSPS) is 9.56. The molecule has 0 aliphatic heterocycles. The number of methoxy groups -OCH3 is 1. The van der Waals surface area contributed by atoms with Crippen molar-refractivity contribution < 1.29 is 9.53 Å². The van der Waals surface area contributed by atoms with Crippen molar-refractivity contribution in [2.24, 2.45) is 5.41 Å². The third-order valence-corrected chi connectivity index (χ3v) is 2.01. The number of rotatable bonds is 1. The van der Waals surface area contributed by atoms with Crippen LogP contribution >= 0.6 is 0 Å². The first-order valence-corrected chi connectivity index (χ1v) is 5.64. The third-order valence-electron chi connectivity index (χ3n) is 2.01. The van der Waals surface area contributed by atoms with Crippen LogP contribution in [0.3, 0.4) is 0 Å². The van der Waals surface area contributed by atoms with Gasteiger partial charge in [-0.3, -0.25) is 0 Å². The Morgan fingerprint density at radius 1 is 1.11 bits per heavy atom. The Labute approximate surface area is 108 Å². The van der Waals surface area contributed by atoms with Crippen LogP contribution in [0, 0.1) is 29.1 Å². The number of esters is 1. The zero-order chi connectivity index (χ0) is 13.6. The smallest absolute Gasteiger partial charge is 0.337 e. The van der Waals surface area contributed by atoms with Crippen molar-refractivity contribution in [3.63, 3.8) is 0 Å². The van der Waals surface area contributed by atoms with Crippen LogP contribution in [0.15, 0.2) is 24.3 Å². The molecule has 0 unspecified atom stereocenters. The highest BCUT2D eigenvalue weighted by atomic mass is 16.5. The highest BCUT2D eigenvalue weighted by Gasteiger charge is 2.03.